The van der Waals surface area contributed by atoms with Crippen LogP contribution in [0.15, 0.2) is 4.99 Å². The molecule has 0 aromatic heterocycles. The van der Waals surface area contributed by atoms with Gasteiger partial charge in [0.1, 0.15) is 0 Å². The maximum absolute atomic E-state index is 5.72. The minimum Gasteiger partial charge on any atom is -0.381 e. The van der Waals surface area contributed by atoms with E-state index in [0.717, 1.165) is 71.4 Å². The maximum atomic E-state index is 5.72. The molecule has 0 spiro atoms. The van der Waals surface area contributed by atoms with Crippen molar-refractivity contribution in [1.29, 1.82) is 0 Å². The Morgan fingerprint density at radius 2 is 2.12 bits per heavy atom. The maximum Gasteiger partial charge on any atom is 0.191 e. The first-order chi connectivity index (χ1) is 11.9. The minimum absolute atomic E-state index is 0.599. The Bertz CT molecular complexity index is 340. The summed E-state index contributed by atoms with van der Waals surface area (Å²) in [6.45, 7) is 11.8. The second-order valence-corrected chi connectivity index (χ2v) is 6.75. The van der Waals surface area contributed by atoms with Crippen molar-refractivity contribution in [2.24, 2.45) is 10.9 Å². The molecule has 24 heavy (non-hydrogen) atoms. The zero-order valence-electron chi connectivity index (χ0n) is 15.4. The average molecular weight is 341 g/mol. The zero-order valence-corrected chi connectivity index (χ0v) is 15.4. The van der Waals surface area contributed by atoms with Gasteiger partial charge >= 0.3 is 0 Å². The molecular formula is C18H36N4O2. The minimum atomic E-state index is 0.599. The molecule has 140 valence electrons. The fourth-order valence-corrected chi connectivity index (χ4v) is 3.18. The van der Waals surface area contributed by atoms with Crippen LogP contribution >= 0.6 is 0 Å². The normalized spacial score (nSPS) is 22.7. The summed E-state index contributed by atoms with van der Waals surface area (Å²) >= 11 is 0. The fraction of sp³-hybridized carbons (Fsp3) is 0.944. The van der Waals surface area contributed by atoms with Crippen LogP contribution in [-0.4, -0.2) is 76.6 Å². The molecule has 6 heteroatoms. The molecule has 0 amide bonds. The molecule has 2 rings (SSSR count). The van der Waals surface area contributed by atoms with Gasteiger partial charge in [0.05, 0.1) is 13.2 Å². The standard InChI is InChI=1S/C18H36N4O2/c1-2-19-18(21-9-12-22-10-4-3-5-11-22)20-8-6-13-23-15-17-7-14-24-16-17/h17H,2-16H2,1H3,(H2,19,20,21). The van der Waals surface area contributed by atoms with E-state index < -0.39 is 0 Å². The highest BCUT2D eigenvalue weighted by Crippen LogP contribution is 2.12. The molecule has 0 radical (unpaired) electrons. The first-order valence-electron chi connectivity index (χ1n) is 9.78. The number of likely N-dealkylation sites (tertiary alicyclic amines) is 1. The van der Waals surface area contributed by atoms with Crippen LogP contribution in [0.25, 0.3) is 0 Å². The van der Waals surface area contributed by atoms with Crippen molar-refractivity contribution in [3.8, 4) is 0 Å². The Labute approximate surface area is 147 Å². The van der Waals surface area contributed by atoms with Crippen molar-refractivity contribution in [1.82, 2.24) is 15.5 Å². The zero-order chi connectivity index (χ0) is 16.9. The van der Waals surface area contributed by atoms with Crippen LogP contribution in [0.1, 0.15) is 39.0 Å². The van der Waals surface area contributed by atoms with Crippen LogP contribution in [0.5, 0.6) is 0 Å². The number of nitrogens with zero attached hydrogens (tertiary/aromatic N) is 2. The van der Waals surface area contributed by atoms with Crippen molar-refractivity contribution in [2.75, 3.05) is 65.7 Å². The average Bonchev–Trinajstić information content (AvgIpc) is 3.12. The summed E-state index contributed by atoms with van der Waals surface area (Å²) in [5.74, 6) is 1.53. The van der Waals surface area contributed by atoms with Crippen LogP contribution in [0, 0.1) is 5.92 Å². The Morgan fingerprint density at radius 3 is 2.88 bits per heavy atom. The highest BCUT2D eigenvalue weighted by molar-refractivity contribution is 5.79. The third-order valence-corrected chi connectivity index (χ3v) is 4.61. The van der Waals surface area contributed by atoms with E-state index >= 15 is 0 Å². The van der Waals surface area contributed by atoms with Gasteiger partial charge in [0.15, 0.2) is 5.96 Å². The highest BCUT2D eigenvalue weighted by atomic mass is 16.5. The van der Waals surface area contributed by atoms with E-state index in [-0.39, 0.29) is 0 Å². The summed E-state index contributed by atoms with van der Waals surface area (Å²) in [7, 11) is 0. The lowest BCUT2D eigenvalue weighted by atomic mass is 10.1. The molecule has 2 heterocycles. The van der Waals surface area contributed by atoms with Crippen LogP contribution in [0.2, 0.25) is 0 Å². The van der Waals surface area contributed by atoms with Gasteiger partial charge in [0, 0.05) is 45.3 Å². The van der Waals surface area contributed by atoms with Crippen molar-refractivity contribution >= 4 is 5.96 Å². The molecular weight excluding hydrogens is 304 g/mol. The van der Waals surface area contributed by atoms with Gasteiger partial charge in [-0.3, -0.25) is 4.99 Å². The molecule has 2 saturated heterocycles. The van der Waals surface area contributed by atoms with E-state index in [1.165, 1.54) is 32.4 Å². The van der Waals surface area contributed by atoms with Crippen LogP contribution in [-0.2, 0) is 9.47 Å². The molecule has 6 nitrogen and oxygen atoms in total. The quantitative estimate of drug-likeness (QED) is 0.358. The number of nitrogens with one attached hydrogen (secondary N) is 2. The smallest absolute Gasteiger partial charge is 0.191 e. The summed E-state index contributed by atoms with van der Waals surface area (Å²) in [5, 5.41) is 6.76. The summed E-state index contributed by atoms with van der Waals surface area (Å²) in [6, 6.07) is 0. The molecule has 0 aromatic rings. The predicted octanol–water partition coefficient (Wildman–Crippen LogP) is 1.47. The molecule has 2 aliphatic rings. The van der Waals surface area contributed by atoms with Gasteiger partial charge in [-0.2, -0.15) is 0 Å². The largest absolute Gasteiger partial charge is 0.381 e. The third kappa shape index (κ3) is 8.31. The number of rotatable bonds is 10. The molecule has 0 aromatic carbocycles. The topological polar surface area (TPSA) is 58.1 Å². The van der Waals surface area contributed by atoms with Gasteiger partial charge in [0.25, 0.3) is 0 Å². The van der Waals surface area contributed by atoms with Gasteiger partial charge in [-0.05, 0) is 45.7 Å². The van der Waals surface area contributed by atoms with Crippen molar-refractivity contribution < 1.29 is 9.47 Å². The Morgan fingerprint density at radius 1 is 1.25 bits per heavy atom. The first-order valence-corrected chi connectivity index (χ1v) is 9.78. The number of guanidine groups is 1. The fourth-order valence-electron chi connectivity index (χ4n) is 3.18. The summed E-state index contributed by atoms with van der Waals surface area (Å²) in [6.07, 6.45) is 6.20. The van der Waals surface area contributed by atoms with Gasteiger partial charge in [-0.1, -0.05) is 6.42 Å². The molecule has 2 aliphatic heterocycles. The van der Waals surface area contributed by atoms with E-state index in [1.54, 1.807) is 0 Å². The number of piperidine rings is 1. The predicted molar refractivity (Wildman–Crippen MR) is 98.6 cm³/mol. The Balaban J connectivity index is 1.52. The lowest BCUT2D eigenvalue weighted by molar-refractivity contribution is 0.0893. The SMILES string of the molecule is CCNC(=NCCCOCC1CCOC1)NCCN1CCCCC1. The van der Waals surface area contributed by atoms with E-state index in [9.17, 15) is 0 Å². The van der Waals surface area contributed by atoms with E-state index in [2.05, 4.69) is 27.4 Å². The summed E-state index contributed by atoms with van der Waals surface area (Å²) < 4.78 is 11.1. The highest BCUT2D eigenvalue weighted by Gasteiger charge is 2.15. The number of hydrogen-bond donors (Lipinski definition) is 2. The van der Waals surface area contributed by atoms with Crippen molar-refractivity contribution in [3.63, 3.8) is 0 Å². The van der Waals surface area contributed by atoms with E-state index in [4.69, 9.17) is 9.47 Å². The van der Waals surface area contributed by atoms with E-state index in [1.807, 2.05) is 0 Å². The number of hydrogen-bond acceptors (Lipinski definition) is 4. The Kier molecular flexibility index (Phi) is 10.1. The van der Waals surface area contributed by atoms with Crippen LogP contribution in [0.4, 0.5) is 0 Å². The lowest BCUT2D eigenvalue weighted by Crippen LogP contribution is -2.42. The molecule has 0 bridgehead atoms. The van der Waals surface area contributed by atoms with Crippen molar-refractivity contribution in [2.45, 2.75) is 39.0 Å². The molecule has 0 saturated carbocycles. The second-order valence-electron chi connectivity index (χ2n) is 6.75. The van der Waals surface area contributed by atoms with Crippen molar-refractivity contribution in [3.05, 3.63) is 0 Å². The van der Waals surface area contributed by atoms with Gasteiger partial charge in [0.2, 0.25) is 0 Å². The molecule has 0 aliphatic carbocycles. The molecule has 1 atom stereocenters. The van der Waals surface area contributed by atoms with Gasteiger partial charge in [-0.15, -0.1) is 0 Å². The Hall–Kier alpha value is -0.850. The molecule has 1 unspecified atom stereocenters. The summed E-state index contributed by atoms with van der Waals surface area (Å²) in [5.41, 5.74) is 0. The van der Waals surface area contributed by atoms with Crippen LogP contribution in [0.3, 0.4) is 0 Å². The second kappa shape index (κ2) is 12.5. The number of ether oxygens (including phenoxy) is 2. The summed E-state index contributed by atoms with van der Waals surface area (Å²) in [4.78, 5) is 7.18. The van der Waals surface area contributed by atoms with Gasteiger partial charge < -0.3 is 25.0 Å². The van der Waals surface area contributed by atoms with E-state index in [0.29, 0.717) is 5.92 Å². The molecule has 2 N–H and O–H groups in total. The lowest BCUT2D eigenvalue weighted by Gasteiger charge is -2.26. The first kappa shape index (κ1) is 19.5. The monoisotopic (exact) mass is 340 g/mol. The molecule has 2 fully saturated rings. The number of aliphatic imine (C=N–C) groups is 1. The van der Waals surface area contributed by atoms with Gasteiger partial charge in [-0.25, -0.2) is 0 Å². The third-order valence-electron chi connectivity index (χ3n) is 4.61. The van der Waals surface area contributed by atoms with Crippen LogP contribution < -0.4 is 10.6 Å².